The molecule has 1 aromatic carbocycles. The lowest BCUT2D eigenvalue weighted by Gasteiger charge is -2.21. The Hall–Kier alpha value is -2.18. The van der Waals surface area contributed by atoms with Gasteiger partial charge in [-0.25, -0.2) is 0 Å². The molecule has 4 atom stereocenters. The molecule has 1 rings (SSSR count). The monoisotopic (exact) mass is 334 g/mol. The number of hydrogen-bond donors (Lipinski definition) is 2. The van der Waals surface area contributed by atoms with Crippen molar-refractivity contribution >= 4 is 11.9 Å². The molecule has 0 fully saturated rings. The van der Waals surface area contributed by atoms with E-state index in [1.54, 1.807) is 0 Å². The lowest BCUT2D eigenvalue weighted by molar-refractivity contribution is -0.182. The van der Waals surface area contributed by atoms with Crippen LogP contribution in [-0.4, -0.2) is 30.3 Å². The Morgan fingerprint density at radius 1 is 1.17 bits per heavy atom. The Morgan fingerprint density at radius 3 is 2.29 bits per heavy atom. The first-order chi connectivity index (χ1) is 11.4. The lowest BCUT2D eigenvalue weighted by atomic mass is 10.0. The van der Waals surface area contributed by atoms with Gasteiger partial charge < -0.3 is 20.9 Å². The van der Waals surface area contributed by atoms with Gasteiger partial charge in [0.25, 0.3) is 6.29 Å². The quantitative estimate of drug-likeness (QED) is 0.403. The number of benzene rings is 1. The summed E-state index contributed by atoms with van der Waals surface area (Å²) in [5.41, 5.74) is 12.5. The van der Waals surface area contributed by atoms with E-state index in [1.807, 2.05) is 44.2 Å². The lowest BCUT2D eigenvalue weighted by Crippen LogP contribution is -2.42. The summed E-state index contributed by atoms with van der Waals surface area (Å²) in [6, 6.07) is 7.68. The minimum Gasteiger partial charge on any atom is -0.420 e. The standard InChI is InChI=1S/C18H26N2O4/c1-4-12(3)16(20)18(22)24-15(5-2)23-17(21)14(19)11-13-9-7-6-8-10-13/h5-10,12,14-16H,2,4,11,19-20H2,1,3H3. The van der Waals surface area contributed by atoms with Gasteiger partial charge in [0.1, 0.15) is 12.1 Å². The van der Waals surface area contributed by atoms with Gasteiger partial charge in [0.15, 0.2) is 0 Å². The van der Waals surface area contributed by atoms with Gasteiger partial charge in [0.2, 0.25) is 0 Å². The summed E-state index contributed by atoms with van der Waals surface area (Å²) in [5.74, 6) is -1.36. The highest BCUT2D eigenvalue weighted by Gasteiger charge is 2.26. The van der Waals surface area contributed by atoms with Crippen LogP contribution in [0, 0.1) is 5.92 Å². The second-order valence-electron chi connectivity index (χ2n) is 5.69. The molecule has 6 nitrogen and oxygen atoms in total. The Balaban J connectivity index is 2.56. The van der Waals surface area contributed by atoms with Gasteiger partial charge in [0.05, 0.1) is 0 Å². The Bertz CT molecular complexity index is 547. The van der Waals surface area contributed by atoms with Gasteiger partial charge in [-0.2, -0.15) is 0 Å². The first-order valence-electron chi connectivity index (χ1n) is 7.97. The second kappa shape index (κ2) is 9.85. The predicted octanol–water partition coefficient (Wildman–Crippen LogP) is 1.53. The second-order valence-corrected chi connectivity index (χ2v) is 5.69. The molecule has 0 saturated carbocycles. The molecule has 0 radical (unpaired) electrons. The molecule has 0 aromatic heterocycles. The van der Waals surface area contributed by atoms with Crippen molar-refractivity contribution in [3.8, 4) is 0 Å². The average Bonchev–Trinajstić information content (AvgIpc) is 2.60. The molecule has 0 saturated heterocycles. The van der Waals surface area contributed by atoms with Crippen LogP contribution in [0.4, 0.5) is 0 Å². The molecule has 0 aliphatic carbocycles. The van der Waals surface area contributed by atoms with Gasteiger partial charge >= 0.3 is 11.9 Å². The third-order valence-electron chi connectivity index (χ3n) is 3.79. The number of esters is 2. The van der Waals surface area contributed by atoms with E-state index in [4.69, 9.17) is 20.9 Å². The van der Waals surface area contributed by atoms with Gasteiger partial charge in [-0.05, 0) is 24.0 Å². The third kappa shape index (κ3) is 6.14. The van der Waals surface area contributed by atoms with E-state index in [-0.39, 0.29) is 5.92 Å². The summed E-state index contributed by atoms with van der Waals surface area (Å²) in [7, 11) is 0. The van der Waals surface area contributed by atoms with Crippen molar-refractivity contribution in [2.75, 3.05) is 0 Å². The third-order valence-corrected chi connectivity index (χ3v) is 3.79. The minimum atomic E-state index is -1.21. The molecule has 0 aliphatic rings. The van der Waals surface area contributed by atoms with Crippen LogP contribution in [0.1, 0.15) is 25.8 Å². The fourth-order valence-electron chi connectivity index (χ4n) is 1.95. The number of rotatable bonds is 9. The first-order valence-corrected chi connectivity index (χ1v) is 7.97. The molecule has 0 spiro atoms. The first kappa shape index (κ1) is 19.9. The molecule has 0 aliphatic heterocycles. The van der Waals surface area contributed by atoms with Crippen molar-refractivity contribution in [1.29, 1.82) is 0 Å². The molecular formula is C18H26N2O4. The van der Waals surface area contributed by atoms with E-state index in [2.05, 4.69) is 6.58 Å². The molecule has 132 valence electrons. The highest BCUT2D eigenvalue weighted by atomic mass is 16.7. The summed E-state index contributed by atoms with van der Waals surface area (Å²) < 4.78 is 10.2. The fraction of sp³-hybridized carbons (Fsp3) is 0.444. The van der Waals surface area contributed by atoms with Crippen LogP contribution in [0.3, 0.4) is 0 Å². The molecule has 6 heteroatoms. The van der Waals surface area contributed by atoms with Gasteiger partial charge in [-0.3, -0.25) is 9.59 Å². The summed E-state index contributed by atoms with van der Waals surface area (Å²) in [6.45, 7) is 7.26. The minimum absolute atomic E-state index is 0.0426. The van der Waals surface area contributed by atoms with Crippen LogP contribution in [-0.2, 0) is 25.5 Å². The fourth-order valence-corrected chi connectivity index (χ4v) is 1.95. The topological polar surface area (TPSA) is 105 Å². The van der Waals surface area contributed by atoms with E-state index in [9.17, 15) is 9.59 Å². The summed E-state index contributed by atoms with van der Waals surface area (Å²) in [4.78, 5) is 24.0. The summed E-state index contributed by atoms with van der Waals surface area (Å²) >= 11 is 0. The van der Waals surface area contributed by atoms with E-state index in [0.717, 1.165) is 12.0 Å². The zero-order valence-electron chi connectivity index (χ0n) is 14.2. The van der Waals surface area contributed by atoms with E-state index in [0.29, 0.717) is 6.42 Å². The molecule has 0 bridgehead atoms. The number of carbonyl (C=O) groups is 2. The van der Waals surface area contributed by atoms with Crippen molar-refractivity contribution in [2.45, 2.75) is 45.1 Å². The van der Waals surface area contributed by atoms with Crippen LogP contribution in [0.25, 0.3) is 0 Å². The Kier molecular flexibility index (Phi) is 8.15. The van der Waals surface area contributed by atoms with Crippen LogP contribution in [0.5, 0.6) is 0 Å². The normalized spacial score (nSPS) is 15.7. The predicted molar refractivity (Wildman–Crippen MR) is 91.7 cm³/mol. The van der Waals surface area contributed by atoms with E-state index in [1.165, 1.54) is 6.08 Å². The maximum absolute atomic E-state index is 12.0. The smallest absolute Gasteiger partial charge is 0.326 e. The molecule has 24 heavy (non-hydrogen) atoms. The van der Waals surface area contributed by atoms with Crippen molar-refractivity contribution in [2.24, 2.45) is 17.4 Å². The molecule has 4 N–H and O–H groups in total. The zero-order valence-corrected chi connectivity index (χ0v) is 14.2. The van der Waals surface area contributed by atoms with Crippen LogP contribution in [0.15, 0.2) is 43.0 Å². The molecule has 4 unspecified atom stereocenters. The maximum atomic E-state index is 12.0. The van der Waals surface area contributed by atoms with Gasteiger partial charge in [0, 0.05) is 0 Å². The molecule has 1 aromatic rings. The highest BCUT2D eigenvalue weighted by Crippen LogP contribution is 2.10. The Morgan fingerprint density at radius 2 is 1.75 bits per heavy atom. The molecular weight excluding hydrogens is 308 g/mol. The number of hydrogen-bond acceptors (Lipinski definition) is 6. The molecule has 0 heterocycles. The van der Waals surface area contributed by atoms with E-state index >= 15 is 0 Å². The van der Waals surface area contributed by atoms with Crippen LogP contribution in [0.2, 0.25) is 0 Å². The summed E-state index contributed by atoms with van der Waals surface area (Å²) in [6.07, 6.45) is 1.07. The summed E-state index contributed by atoms with van der Waals surface area (Å²) in [5, 5.41) is 0. The number of carbonyl (C=O) groups excluding carboxylic acids is 2. The number of ether oxygens (including phenoxy) is 2. The highest BCUT2D eigenvalue weighted by molar-refractivity contribution is 5.78. The maximum Gasteiger partial charge on any atom is 0.326 e. The zero-order chi connectivity index (χ0) is 18.1. The Labute approximate surface area is 142 Å². The van der Waals surface area contributed by atoms with Crippen molar-refractivity contribution in [3.63, 3.8) is 0 Å². The SMILES string of the molecule is C=CC(OC(=O)C(N)Cc1ccccc1)OC(=O)C(N)C(C)CC. The van der Waals surface area contributed by atoms with Crippen LogP contribution < -0.4 is 11.5 Å². The van der Waals surface area contributed by atoms with Crippen molar-refractivity contribution in [1.82, 2.24) is 0 Å². The average molecular weight is 334 g/mol. The van der Waals surface area contributed by atoms with E-state index < -0.39 is 30.3 Å². The molecule has 0 amide bonds. The van der Waals surface area contributed by atoms with Gasteiger partial charge in [-0.15, -0.1) is 0 Å². The van der Waals surface area contributed by atoms with Gasteiger partial charge in [-0.1, -0.05) is 57.2 Å². The van der Waals surface area contributed by atoms with Crippen molar-refractivity contribution < 1.29 is 19.1 Å². The largest absolute Gasteiger partial charge is 0.420 e. The van der Waals surface area contributed by atoms with Crippen molar-refractivity contribution in [3.05, 3.63) is 48.6 Å². The number of nitrogens with two attached hydrogens (primary N) is 2. The van der Waals surface area contributed by atoms with Crippen LogP contribution >= 0.6 is 0 Å².